The molecule has 0 saturated carbocycles. The molecule has 0 atom stereocenters. The molecular weight excluding hydrogens is 254 g/mol. The van der Waals surface area contributed by atoms with Gasteiger partial charge in [0.05, 0.1) is 5.69 Å². The lowest BCUT2D eigenvalue weighted by Gasteiger charge is -2.30. The molecule has 1 saturated heterocycles. The van der Waals surface area contributed by atoms with Crippen molar-refractivity contribution in [3.05, 3.63) is 29.2 Å². The topological polar surface area (TPSA) is 70.8 Å². The Balaban J connectivity index is 1.49. The molecule has 0 unspecified atom stereocenters. The van der Waals surface area contributed by atoms with Crippen LogP contribution in [0.2, 0.25) is 0 Å². The Morgan fingerprint density at radius 1 is 1.35 bits per heavy atom. The number of piperidine rings is 1. The van der Waals surface area contributed by atoms with E-state index in [-0.39, 0.29) is 0 Å². The van der Waals surface area contributed by atoms with Crippen LogP contribution < -0.4 is 0 Å². The summed E-state index contributed by atoms with van der Waals surface area (Å²) in [6, 6.07) is 0. The number of likely N-dealkylation sites (tertiary alicyclic amines) is 1. The van der Waals surface area contributed by atoms with E-state index in [0.717, 1.165) is 56.2 Å². The molecule has 1 aliphatic heterocycles. The van der Waals surface area contributed by atoms with Gasteiger partial charge in [-0.1, -0.05) is 5.16 Å². The third-order valence-corrected chi connectivity index (χ3v) is 4.27. The van der Waals surface area contributed by atoms with Gasteiger partial charge in [0.2, 0.25) is 0 Å². The highest BCUT2D eigenvalue weighted by Gasteiger charge is 2.22. The van der Waals surface area contributed by atoms with Crippen LogP contribution in [0.15, 0.2) is 10.9 Å². The number of nitrogens with zero attached hydrogens (tertiary/aromatic N) is 4. The van der Waals surface area contributed by atoms with Gasteiger partial charge in [-0.2, -0.15) is 5.10 Å². The van der Waals surface area contributed by atoms with Crippen molar-refractivity contribution in [2.75, 3.05) is 19.6 Å². The van der Waals surface area contributed by atoms with Gasteiger partial charge in [0.15, 0.2) is 0 Å². The molecule has 2 aromatic heterocycles. The molecule has 6 heteroatoms. The van der Waals surface area contributed by atoms with Crippen molar-refractivity contribution in [3.8, 4) is 0 Å². The van der Waals surface area contributed by atoms with Crippen molar-refractivity contribution in [3.63, 3.8) is 0 Å². The maximum absolute atomic E-state index is 5.21. The van der Waals surface area contributed by atoms with E-state index in [1.807, 2.05) is 13.8 Å². The largest absolute Gasteiger partial charge is 0.361 e. The number of aromatic amines is 1. The van der Waals surface area contributed by atoms with Crippen molar-refractivity contribution >= 4 is 0 Å². The van der Waals surface area contributed by atoms with Crippen LogP contribution in [0.4, 0.5) is 0 Å². The third-order valence-electron chi connectivity index (χ3n) is 4.27. The first-order valence-electron chi connectivity index (χ1n) is 7.23. The standard InChI is InChI=1S/C14H21N5O/c1-10-13(11(2)20-18-10)5-8-19-6-3-12(4-7-19)14-15-9-16-17-14/h9,12H,3-8H2,1-2H3,(H,15,16,17). The second kappa shape index (κ2) is 5.75. The predicted molar refractivity (Wildman–Crippen MR) is 74.5 cm³/mol. The average Bonchev–Trinajstić information content (AvgIpc) is 3.09. The van der Waals surface area contributed by atoms with Gasteiger partial charge in [0.1, 0.15) is 17.9 Å². The molecule has 6 nitrogen and oxygen atoms in total. The Kier molecular flexibility index (Phi) is 3.82. The monoisotopic (exact) mass is 275 g/mol. The molecule has 1 fully saturated rings. The van der Waals surface area contributed by atoms with E-state index in [2.05, 4.69) is 25.2 Å². The minimum Gasteiger partial charge on any atom is -0.361 e. The molecule has 1 aliphatic rings. The molecule has 0 radical (unpaired) electrons. The van der Waals surface area contributed by atoms with Crippen molar-refractivity contribution < 1.29 is 4.52 Å². The minimum absolute atomic E-state index is 0.535. The number of H-pyrrole nitrogens is 1. The molecule has 2 aromatic rings. The van der Waals surface area contributed by atoms with Gasteiger partial charge < -0.3 is 9.42 Å². The predicted octanol–water partition coefficient (Wildman–Crippen LogP) is 1.83. The van der Waals surface area contributed by atoms with Crippen LogP contribution in [-0.4, -0.2) is 44.9 Å². The van der Waals surface area contributed by atoms with Crippen LogP contribution >= 0.6 is 0 Å². The van der Waals surface area contributed by atoms with Gasteiger partial charge in [-0.25, -0.2) is 4.98 Å². The molecule has 0 amide bonds. The first kappa shape index (κ1) is 13.3. The summed E-state index contributed by atoms with van der Waals surface area (Å²) >= 11 is 0. The van der Waals surface area contributed by atoms with Gasteiger partial charge in [-0.3, -0.25) is 5.10 Å². The van der Waals surface area contributed by atoms with E-state index in [9.17, 15) is 0 Å². The molecule has 0 aliphatic carbocycles. The van der Waals surface area contributed by atoms with Crippen molar-refractivity contribution in [2.45, 2.75) is 39.0 Å². The second-order valence-corrected chi connectivity index (χ2v) is 5.54. The highest BCUT2D eigenvalue weighted by molar-refractivity contribution is 5.21. The van der Waals surface area contributed by atoms with E-state index in [1.165, 1.54) is 5.56 Å². The fourth-order valence-electron chi connectivity index (χ4n) is 2.97. The number of rotatable bonds is 4. The van der Waals surface area contributed by atoms with Crippen LogP contribution in [0, 0.1) is 13.8 Å². The normalized spacial score (nSPS) is 17.7. The molecular formula is C14H21N5O. The van der Waals surface area contributed by atoms with E-state index in [4.69, 9.17) is 4.52 Å². The van der Waals surface area contributed by atoms with E-state index >= 15 is 0 Å². The van der Waals surface area contributed by atoms with Gasteiger partial charge in [-0.15, -0.1) is 0 Å². The highest BCUT2D eigenvalue weighted by atomic mass is 16.5. The van der Waals surface area contributed by atoms with Crippen LogP contribution in [0.25, 0.3) is 0 Å². The quantitative estimate of drug-likeness (QED) is 0.921. The summed E-state index contributed by atoms with van der Waals surface area (Å²) in [5.41, 5.74) is 2.29. The maximum Gasteiger partial charge on any atom is 0.137 e. The lowest BCUT2D eigenvalue weighted by atomic mass is 9.96. The van der Waals surface area contributed by atoms with Gasteiger partial charge in [0.25, 0.3) is 0 Å². The Hall–Kier alpha value is -1.69. The van der Waals surface area contributed by atoms with Gasteiger partial charge in [-0.05, 0) is 46.2 Å². The molecule has 0 aromatic carbocycles. The zero-order valence-corrected chi connectivity index (χ0v) is 12.1. The summed E-state index contributed by atoms with van der Waals surface area (Å²) in [4.78, 5) is 6.78. The van der Waals surface area contributed by atoms with Gasteiger partial charge in [0, 0.05) is 18.0 Å². The van der Waals surface area contributed by atoms with Gasteiger partial charge >= 0.3 is 0 Å². The Morgan fingerprint density at radius 2 is 2.15 bits per heavy atom. The van der Waals surface area contributed by atoms with Crippen molar-refractivity contribution in [1.82, 2.24) is 25.2 Å². The SMILES string of the molecule is Cc1noc(C)c1CCN1CCC(c2ncn[nH]2)CC1. The molecule has 20 heavy (non-hydrogen) atoms. The zero-order valence-electron chi connectivity index (χ0n) is 12.1. The lowest BCUT2D eigenvalue weighted by molar-refractivity contribution is 0.211. The van der Waals surface area contributed by atoms with Crippen LogP contribution in [0.1, 0.15) is 41.6 Å². The average molecular weight is 275 g/mol. The second-order valence-electron chi connectivity index (χ2n) is 5.54. The third kappa shape index (κ3) is 2.75. The molecule has 1 N–H and O–H groups in total. The molecule has 108 valence electrons. The number of nitrogens with one attached hydrogen (secondary N) is 1. The Morgan fingerprint density at radius 3 is 2.75 bits per heavy atom. The summed E-state index contributed by atoms with van der Waals surface area (Å²) in [6.45, 7) is 7.32. The smallest absolute Gasteiger partial charge is 0.137 e. The van der Waals surface area contributed by atoms with E-state index < -0.39 is 0 Å². The summed E-state index contributed by atoms with van der Waals surface area (Å²) in [5.74, 6) is 2.53. The Labute approximate surface area is 118 Å². The number of aryl methyl sites for hydroxylation is 2. The first-order chi connectivity index (χ1) is 9.74. The number of hydrogen-bond acceptors (Lipinski definition) is 5. The fraction of sp³-hybridized carbons (Fsp3) is 0.643. The molecule has 0 spiro atoms. The summed E-state index contributed by atoms with van der Waals surface area (Å²) in [5, 5.41) is 10.9. The number of hydrogen-bond donors (Lipinski definition) is 1. The summed E-state index contributed by atoms with van der Waals surface area (Å²) in [7, 11) is 0. The lowest BCUT2D eigenvalue weighted by Crippen LogP contribution is -2.34. The number of aromatic nitrogens is 4. The summed E-state index contributed by atoms with van der Waals surface area (Å²) in [6.07, 6.45) is 4.92. The first-order valence-corrected chi connectivity index (χ1v) is 7.23. The summed E-state index contributed by atoms with van der Waals surface area (Å²) < 4.78 is 5.21. The Bertz CT molecular complexity index is 520. The zero-order chi connectivity index (χ0) is 13.9. The minimum atomic E-state index is 0.535. The maximum atomic E-state index is 5.21. The highest BCUT2D eigenvalue weighted by Crippen LogP contribution is 2.25. The fourth-order valence-corrected chi connectivity index (χ4v) is 2.97. The van der Waals surface area contributed by atoms with Crippen molar-refractivity contribution in [1.29, 1.82) is 0 Å². The van der Waals surface area contributed by atoms with E-state index in [1.54, 1.807) is 6.33 Å². The van der Waals surface area contributed by atoms with Crippen molar-refractivity contribution in [2.24, 2.45) is 0 Å². The molecule has 3 heterocycles. The molecule has 3 rings (SSSR count). The van der Waals surface area contributed by atoms with E-state index in [0.29, 0.717) is 5.92 Å². The molecule has 0 bridgehead atoms. The van der Waals surface area contributed by atoms with Crippen LogP contribution in [-0.2, 0) is 6.42 Å². The van der Waals surface area contributed by atoms with Crippen LogP contribution in [0.5, 0.6) is 0 Å². The van der Waals surface area contributed by atoms with Crippen LogP contribution in [0.3, 0.4) is 0 Å².